The second kappa shape index (κ2) is 13.5. The molecule has 9 rings (SSSR count). The highest BCUT2D eigenvalue weighted by Gasteiger charge is 2.42. The molecule has 0 aliphatic carbocycles. The highest BCUT2D eigenvalue weighted by atomic mass is 16.7. The molecule has 6 N–H and O–H groups in total. The first-order valence-corrected chi connectivity index (χ1v) is 12.0. The van der Waals surface area contributed by atoms with E-state index < -0.39 is 93.6 Å². The fourth-order valence-electron chi connectivity index (χ4n) is 4.39. The molecular formula is C21H36O15. The normalized spacial score (nSPS) is 47.5. The van der Waals surface area contributed by atoms with Gasteiger partial charge in [0.2, 0.25) is 0 Å². The van der Waals surface area contributed by atoms with Crippen molar-refractivity contribution in [3.63, 3.8) is 0 Å². The summed E-state index contributed by atoms with van der Waals surface area (Å²) in [6.45, 7) is -1.93. The molecule has 9 aliphatic heterocycles. The van der Waals surface area contributed by atoms with E-state index in [1.807, 2.05) is 0 Å². The second-order valence-electron chi connectivity index (χ2n) is 8.99. The molecule has 6 bridgehead atoms. The summed E-state index contributed by atoms with van der Waals surface area (Å²) in [6, 6.07) is 0. The Bertz CT molecular complexity index is 571. The summed E-state index contributed by atoms with van der Waals surface area (Å²) in [5.74, 6) is 0. The molecule has 9 saturated heterocycles. The molecule has 0 spiro atoms. The maximum atomic E-state index is 10.4. The number of aliphatic hydroxyl groups is 6. The molecule has 15 nitrogen and oxygen atoms in total. The van der Waals surface area contributed by atoms with Crippen LogP contribution in [0.3, 0.4) is 0 Å². The molecule has 210 valence electrons. The van der Waals surface area contributed by atoms with Crippen molar-refractivity contribution in [1.82, 2.24) is 0 Å². The Kier molecular flexibility index (Phi) is 10.6. The zero-order chi connectivity index (χ0) is 25.7. The summed E-state index contributed by atoms with van der Waals surface area (Å²) >= 11 is 0. The average Bonchev–Trinajstić information content (AvgIpc) is 2.87. The molecule has 9 heterocycles. The van der Waals surface area contributed by atoms with E-state index in [4.69, 9.17) is 42.6 Å². The third-order valence-electron chi connectivity index (χ3n) is 6.42. The summed E-state index contributed by atoms with van der Waals surface area (Å²) in [5.41, 5.74) is 0. The van der Waals surface area contributed by atoms with Gasteiger partial charge >= 0.3 is 0 Å². The lowest BCUT2D eigenvalue weighted by molar-refractivity contribution is -0.316. The molecule has 0 aromatic carbocycles. The van der Waals surface area contributed by atoms with E-state index in [-0.39, 0.29) is 39.6 Å². The molecule has 0 aromatic rings. The summed E-state index contributed by atoms with van der Waals surface area (Å²) in [7, 11) is 0. The number of hydrogen-bond acceptors (Lipinski definition) is 15. The van der Waals surface area contributed by atoms with Gasteiger partial charge in [0.25, 0.3) is 0 Å². The SMILES string of the molecule is OCC1OC2COCC3OC(O)C(COCC4OC(O)C(COCC1OC2O)OC4CO)OC3CO. The molecule has 36 heavy (non-hydrogen) atoms. The van der Waals surface area contributed by atoms with Gasteiger partial charge in [-0.1, -0.05) is 0 Å². The van der Waals surface area contributed by atoms with Crippen LogP contribution in [0.25, 0.3) is 0 Å². The third-order valence-corrected chi connectivity index (χ3v) is 6.42. The van der Waals surface area contributed by atoms with Gasteiger partial charge in [-0.25, -0.2) is 0 Å². The van der Waals surface area contributed by atoms with Gasteiger partial charge in [-0.05, 0) is 0 Å². The molecule has 9 aliphatic rings. The summed E-state index contributed by atoms with van der Waals surface area (Å²) in [5, 5.41) is 60.3. The maximum absolute atomic E-state index is 10.4. The largest absolute Gasteiger partial charge is 0.394 e. The Hall–Kier alpha value is -0.600. The van der Waals surface area contributed by atoms with Crippen molar-refractivity contribution < 1.29 is 73.3 Å². The molecule has 12 atom stereocenters. The fourth-order valence-corrected chi connectivity index (χ4v) is 4.39. The Balaban J connectivity index is 1.47. The highest BCUT2D eigenvalue weighted by Crippen LogP contribution is 2.25. The van der Waals surface area contributed by atoms with Crippen LogP contribution in [0.5, 0.6) is 0 Å². The molecule has 12 unspecified atom stereocenters. The van der Waals surface area contributed by atoms with Gasteiger partial charge in [0.15, 0.2) is 18.9 Å². The van der Waals surface area contributed by atoms with E-state index in [0.717, 1.165) is 0 Å². The van der Waals surface area contributed by atoms with E-state index in [1.165, 1.54) is 0 Å². The topological polar surface area (TPSA) is 204 Å². The predicted molar refractivity (Wildman–Crippen MR) is 112 cm³/mol. The van der Waals surface area contributed by atoms with Gasteiger partial charge in [0.1, 0.15) is 54.9 Å². The van der Waals surface area contributed by atoms with Crippen molar-refractivity contribution in [1.29, 1.82) is 0 Å². The summed E-state index contributed by atoms with van der Waals surface area (Å²) < 4.78 is 50.6. The van der Waals surface area contributed by atoms with Crippen LogP contribution in [-0.2, 0) is 42.6 Å². The van der Waals surface area contributed by atoms with Gasteiger partial charge in [-0.2, -0.15) is 0 Å². The van der Waals surface area contributed by atoms with Crippen molar-refractivity contribution in [3.05, 3.63) is 0 Å². The first kappa shape index (κ1) is 28.4. The lowest BCUT2D eigenvalue weighted by atomic mass is 10.1. The van der Waals surface area contributed by atoms with E-state index in [2.05, 4.69) is 0 Å². The van der Waals surface area contributed by atoms with E-state index in [0.29, 0.717) is 0 Å². The van der Waals surface area contributed by atoms with E-state index in [9.17, 15) is 30.6 Å². The second-order valence-corrected chi connectivity index (χ2v) is 8.99. The standard InChI is InChI=1S/C21H36O15/c22-1-10-13-4-28-8-17-20(26)36-15(12(3-24)32-17)6-30-9-18-21(27)35-14(11(2-23)33-18)5-29-7-16(31-10)19(25)34-13/h10-27H,1-9H2. The first-order valence-electron chi connectivity index (χ1n) is 12.0. The lowest BCUT2D eigenvalue weighted by Crippen LogP contribution is -2.55. The predicted octanol–water partition coefficient (Wildman–Crippen LogP) is -4.56. The zero-order valence-electron chi connectivity index (χ0n) is 19.6. The van der Waals surface area contributed by atoms with Gasteiger partial charge in [-0.3, -0.25) is 0 Å². The molecule has 0 aromatic heterocycles. The van der Waals surface area contributed by atoms with Crippen LogP contribution in [0.2, 0.25) is 0 Å². The molecule has 15 heteroatoms. The molecule has 0 amide bonds. The van der Waals surface area contributed by atoms with Crippen LogP contribution >= 0.6 is 0 Å². The minimum atomic E-state index is -1.39. The van der Waals surface area contributed by atoms with E-state index in [1.54, 1.807) is 0 Å². The van der Waals surface area contributed by atoms with Gasteiger partial charge in [0.05, 0.1) is 59.5 Å². The van der Waals surface area contributed by atoms with Crippen LogP contribution in [-0.4, -0.2) is 164 Å². The maximum Gasteiger partial charge on any atom is 0.183 e. The minimum absolute atomic E-state index is 0.0938. The van der Waals surface area contributed by atoms with Crippen LogP contribution in [0.4, 0.5) is 0 Å². The summed E-state index contributed by atoms with van der Waals surface area (Å²) in [4.78, 5) is 0. The van der Waals surface area contributed by atoms with Crippen LogP contribution in [0, 0.1) is 0 Å². The Morgan fingerprint density at radius 2 is 0.639 bits per heavy atom. The van der Waals surface area contributed by atoms with Gasteiger partial charge < -0.3 is 73.3 Å². The average molecular weight is 529 g/mol. The van der Waals surface area contributed by atoms with E-state index >= 15 is 0 Å². The van der Waals surface area contributed by atoms with Crippen molar-refractivity contribution in [2.45, 2.75) is 73.8 Å². The monoisotopic (exact) mass is 528 g/mol. The van der Waals surface area contributed by atoms with Crippen molar-refractivity contribution >= 4 is 0 Å². The highest BCUT2D eigenvalue weighted by molar-refractivity contribution is 4.84. The van der Waals surface area contributed by atoms with Crippen molar-refractivity contribution in [2.75, 3.05) is 59.5 Å². The summed E-state index contributed by atoms with van der Waals surface area (Å²) in [6.07, 6.45) is -12.0. The van der Waals surface area contributed by atoms with Crippen molar-refractivity contribution in [2.24, 2.45) is 0 Å². The quantitative estimate of drug-likeness (QED) is 0.204. The minimum Gasteiger partial charge on any atom is -0.394 e. The fraction of sp³-hybridized carbons (Fsp3) is 1.00. The Labute approximate surface area is 207 Å². The third kappa shape index (κ3) is 6.88. The van der Waals surface area contributed by atoms with Gasteiger partial charge in [-0.15, -0.1) is 0 Å². The van der Waals surface area contributed by atoms with Gasteiger partial charge in [0, 0.05) is 0 Å². The molecular weight excluding hydrogens is 492 g/mol. The molecule has 9 fully saturated rings. The molecule has 0 radical (unpaired) electrons. The Morgan fingerprint density at radius 3 is 0.889 bits per heavy atom. The number of aliphatic hydroxyl groups excluding tert-OH is 6. The first-order chi connectivity index (χ1) is 17.4. The van der Waals surface area contributed by atoms with Crippen LogP contribution < -0.4 is 0 Å². The van der Waals surface area contributed by atoms with Crippen LogP contribution in [0.15, 0.2) is 0 Å². The molecule has 0 saturated carbocycles. The lowest BCUT2D eigenvalue weighted by Gasteiger charge is -2.40. The smallest absolute Gasteiger partial charge is 0.183 e. The number of ether oxygens (including phenoxy) is 9. The van der Waals surface area contributed by atoms with Crippen molar-refractivity contribution in [3.8, 4) is 0 Å². The van der Waals surface area contributed by atoms with Crippen LogP contribution in [0.1, 0.15) is 0 Å². The number of rotatable bonds is 3. The zero-order valence-corrected chi connectivity index (χ0v) is 19.6. The Morgan fingerprint density at radius 1 is 0.389 bits per heavy atom. The number of hydrogen-bond donors (Lipinski definition) is 6.